The topological polar surface area (TPSA) is 60.2 Å². The molecule has 0 saturated heterocycles. The fraction of sp³-hybridized carbons (Fsp3) is 0.0256. The number of phenols is 1. The third kappa shape index (κ3) is 8.54. The summed E-state index contributed by atoms with van der Waals surface area (Å²) < 4.78 is 0. The summed E-state index contributed by atoms with van der Waals surface area (Å²) in [5, 5.41) is 21.3. The lowest BCUT2D eigenvalue weighted by molar-refractivity contribution is 0.474. The molecule has 0 bridgehead atoms. The molecule has 2 N–H and O–H groups in total. The Morgan fingerprint density at radius 2 is 1.05 bits per heavy atom. The van der Waals surface area contributed by atoms with Crippen LogP contribution in [0, 0.1) is 0 Å². The molecule has 0 aromatic heterocycles. The molecule has 0 spiro atoms. The van der Waals surface area contributed by atoms with E-state index in [4.69, 9.17) is 0 Å². The second kappa shape index (κ2) is 15.9. The van der Waals surface area contributed by atoms with Gasteiger partial charge in [0.1, 0.15) is 11.5 Å². The van der Waals surface area contributed by atoms with Crippen molar-refractivity contribution in [3.63, 3.8) is 0 Å². The smallest absolute Gasteiger partial charge is 0.125 e. The summed E-state index contributed by atoms with van der Waals surface area (Å²) in [6.07, 6.45) is 1.88. The van der Waals surface area contributed by atoms with Gasteiger partial charge in [-0.05, 0) is 47.5 Å². The van der Waals surface area contributed by atoms with Crippen LogP contribution in [0.1, 0.15) is 22.3 Å². The summed E-state index contributed by atoms with van der Waals surface area (Å²) in [6.45, 7) is 0.630. The van der Waals surface area contributed by atoms with Gasteiger partial charge in [-0.15, -0.1) is 0 Å². The molecule has 0 radical (unpaired) electrons. The first-order valence-corrected chi connectivity index (χ1v) is 14.5. The van der Waals surface area contributed by atoms with Crippen molar-refractivity contribution in [2.75, 3.05) is 5.01 Å². The van der Waals surface area contributed by atoms with Crippen LogP contribution < -0.4 is 10.4 Å². The van der Waals surface area contributed by atoms with Gasteiger partial charge in [0.05, 0.1) is 24.1 Å². The number of phenolic OH excluding ortho intramolecular Hbond substituents is 1. The summed E-state index contributed by atoms with van der Waals surface area (Å²) in [7, 11) is 0. The molecule has 0 atom stereocenters. The molecule has 5 nitrogen and oxygen atoms in total. The van der Waals surface area contributed by atoms with Crippen molar-refractivity contribution in [2.24, 2.45) is 10.2 Å². The highest BCUT2D eigenvalue weighted by Crippen LogP contribution is 2.25. The summed E-state index contributed by atoms with van der Waals surface area (Å²) in [6, 6.07) is 57.6. The number of rotatable bonds is 9. The highest BCUT2D eigenvalue weighted by atomic mass is 16.3. The van der Waals surface area contributed by atoms with E-state index < -0.39 is 0 Å². The summed E-state index contributed by atoms with van der Waals surface area (Å²) in [4.78, 5) is 0. The molecule has 6 aromatic carbocycles. The van der Waals surface area contributed by atoms with Crippen LogP contribution >= 0.6 is 0 Å². The largest absolute Gasteiger partial charge is 0.507 e. The van der Waals surface area contributed by atoms with Gasteiger partial charge in [0.15, 0.2) is 0 Å². The molecule has 5 heteroatoms. The van der Waals surface area contributed by atoms with Gasteiger partial charge in [0, 0.05) is 11.1 Å². The van der Waals surface area contributed by atoms with E-state index in [1.807, 2.05) is 151 Å². The molecule has 0 fully saturated rings. The Kier molecular flexibility index (Phi) is 10.7. The molecule has 44 heavy (non-hydrogen) atoms. The van der Waals surface area contributed by atoms with Crippen LogP contribution in [0.25, 0.3) is 0 Å². The SMILES string of the molecule is C(=NN(c1ccccc1)c1ccccc1)c1ccccc1.Oc1ccccc1C(=NNCc1ccccc1)c1ccccc1. The molecule has 0 saturated carbocycles. The third-order valence-corrected chi connectivity index (χ3v) is 6.65. The average Bonchev–Trinajstić information content (AvgIpc) is 3.10. The van der Waals surface area contributed by atoms with Gasteiger partial charge in [-0.3, -0.25) is 0 Å². The van der Waals surface area contributed by atoms with E-state index in [-0.39, 0.29) is 5.75 Å². The predicted octanol–water partition coefficient (Wildman–Crippen LogP) is 8.79. The Labute approximate surface area is 259 Å². The second-order valence-corrected chi connectivity index (χ2v) is 9.80. The maximum Gasteiger partial charge on any atom is 0.125 e. The molecular weight excluding hydrogens is 540 g/mol. The normalized spacial score (nSPS) is 11.0. The number of hydrogen-bond donors (Lipinski definition) is 2. The van der Waals surface area contributed by atoms with Crippen molar-refractivity contribution in [1.29, 1.82) is 0 Å². The zero-order valence-electron chi connectivity index (χ0n) is 24.3. The third-order valence-electron chi connectivity index (χ3n) is 6.65. The van der Waals surface area contributed by atoms with Crippen LogP contribution in [0.3, 0.4) is 0 Å². The number of benzene rings is 6. The van der Waals surface area contributed by atoms with E-state index in [2.05, 4.69) is 39.9 Å². The minimum Gasteiger partial charge on any atom is -0.507 e. The second-order valence-electron chi connectivity index (χ2n) is 9.80. The van der Waals surface area contributed by atoms with Gasteiger partial charge >= 0.3 is 0 Å². The molecule has 216 valence electrons. The average molecular weight is 575 g/mol. The van der Waals surface area contributed by atoms with Crippen LogP contribution in [0.15, 0.2) is 186 Å². The first kappa shape index (κ1) is 29.5. The van der Waals surface area contributed by atoms with E-state index in [0.717, 1.165) is 33.8 Å². The zero-order chi connectivity index (χ0) is 30.2. The van der Waals surface area contributed by atoms with E-state index in [9.17, 15) is 5.11 Å². The van der Waals surface area contributed by atoms with Crippen molar-refractivity contribution in [1.82, 2.24) is 5.43 Å². The monoisotopic (exact) mass is 574 g/mol. The number of nitrogens with one attached hydrogen (secondary N) is 1. The molecule has 6 aromatic rings. The van der Waals surface area contributed by atoms with Crippen molar-refractivity contribution in [2.45, 2.75) is 6.54 Å². The molecule has 0 heterocycles. The van der Waals surface area contributed by atoms with Crippen molar-refractivity contribution in [3.05, 3.63) is 198 Å². The highest BCUT2D eigenvalue weighted by molar-refractivity contribution is 6.14. The highest BCUT2D eigenvalue weighted by Gasteiger charge is 2.11. The molecule has 0 unspecified atom stereocenters. The van der Waals surface area contributed by atoms with E-state index in [1.165, 1.54) is 0 Å². The first-order valence-electron chi connectivity index (χ1n) is 14.5. The Balaban J connectivity index is 0.000000175. The Morgan fingerprint density at radius 3 is 1.61 bits per heavy atom. The molecule has 0 amide bonds. The number of para-hydroxylation sites is 3. The maximum atomic E-state index is 10.2. The van der Waals surface area contributed by atoms with Crippen LogP contribution in [0.4, 0.5) is 11.4 Å². The lowest BCUT2D eigenvalue weighted by atomic mass is 10.0. The van der Waals surface area contributed by atoms with Crippen molar-refractivity contribution >= 4 is 23.3 Å². The molecule has 0 aliphatic heterocycles. The fourth-order valence-corrected chi connectivity index (χ4v) is 4.44. The minimum absolute atomic E-state index is 0.219. The lowest BCUT2D eigenvalue weighted by Crippen LogP contribution is -2.12. The summed E-state index contributed by atoms with van der Waals surface area (Å²) in [5.74, 6) is 0.219. The molecular formula is C39H34N4O. The Morgan fingerprint density at radius 1 is 0.568 bits per heavy atom. The van der Waals surface area contributed by atoms with E-state index >= 15 is 0 Å². The van der Waals surface area contributed by atoms with Crippen molar-refractivity contribution in [3.8, 4) is 5.75 Å². The Hall–Kier alpha value is -5.94. The van der Waals surface area contributed by atoms with Crippen molar-refractivity contribution < 1.29 is 5.11 Å². The zero-order valence-corrected chi connectivity index (χ0v) is 24.3. The number of nitrogens with zero attached hydrogens (tertiary/aromatic N) is 3. The minimum atomic E-state index is 0.219. The molecule has 0 aliphatic carbocycles. The number of anilines is 2. The lowest BCUT2D eigenvalue weighted by Gasteiger charge is -2.19. The summed E-state index contributed by atoms with van der Waals surface area (Å²) in [5.41, 5.74) is 9.79. The predicted molar refractivity (Wildman–Crippen MR) is 183 cm³/mol. The van der Waals surface area contributed by atoms with Gasteiger partial charge in [-0.2, -0.15) is 10.2 Å². The number of hydrazone groups is 2. The van der Waals surface area contributed by atoms with Crippen LogP contribution in [0.5, 0.6) is 5.75 Å². The number of aromatic hydroxyl groups is 1. The standard InChI is InChI=1S/C20H18N2O.C19H16N2/c23-19-14-8-7-13-18(19)20(17-11-5-2-6-12-17)22-21-15-16-9-3-1-4-10-16;1-4-10-17(11-5-1)16-20-21(18-12-6-2-7-13-18)19-14-8-3-9-15-19/h1-14,21,23H,15H2;1-16H. The van der Waals surface area contributed by atoms with Gasteiger partial charge in [0.25, 0.3) is 0 Å². The van der Waals surface area contributed by atoms with Gasteiger partial charge in [0.2, 0.25) is 0 Å². The van der Waals surface area contributed by atoms with Gasteiger partial charge < -0.3 is 10.5 Å². The molecule has 6 rings (SSSR count). The van der Waals surface area contributed by atoms with Gasteiger partial charge in [-0.25, -0.2) is 5.01 Å². The van der Waals surface area contributed by atoms with E-state index in [0.29, 0.717) is 12.1 Å². The maximum absolute atomic E-state index is 10.2. The molecule has 0 aliphatic rings. The quantitative estimate of drug-likeness (QED) is 0.134. The first-order chi connectivity index (χ1) is 21.8. The Bertz CT molecular complexity index is 1700. The van der Waals surface area contributed by atoms with Gasteiger partial charge in [-0.1, -0.05) is 140 Å². The van der Waals surface area contributed by atoms with E-state index in [1.54, 1.807) is 12.1 Å². The fourth-order valence-electron chi connectivity index (χ4n) is 4.44. The van der Waals surface area contributed by atoms with Crippen LogP contribution in [0.2, 0.25) is 0 Å². The van der Waals surface area contributed by atoms with Crippen LogP contribution in [-0.2, 0) is 6.54 Å². The number of hydrogen-bond acceptors (Lipinski definition) is 5. The summed E-state index contributed by atoms with van der Waals surface area (Å²) >= 11 is 0. The van der Waals surface area contributed by atoms with Crippen LogP contribution in [-0.4, -0.2) is 17.0 Å².